The summed E-state index contributed by atoms with van der Waals surface area (Å²) in [5, 5.41) is 6.75. The van der Waals surface area contributed by atoms with Crippen molar-refractivity contribution < 1.29 is 4.42 Å². The highest BCUT2D eigenvalue weighted by Crippen LogP contribution is 2.41. The van der Waals surface area contributed by atoms with Crippen LogP contribution >= 0.6 is 0 Å². The first-order valence-corrected chi connectivity index (χ1v) is 19.9. The van der Waals surface area contributed by atoms with E-state index in [0.717, 1.165) is 67.1 Å². The molecule has 11 rings (SSSR count). The maximum atomic E-state index is 6.73. The van der Waals surface area contributed by atoms with E-state index in [1.165, 1.54) is 32.9 Å². The molecule has 0 amide bonds. The van der Waals surface area contributed by atoms with Crippen molar-refractivity contribution in [3.05, 3.63) is 194 Å². The van der Waals surface area contributed by atoms with Crippen LogP contribution < -0.4 is 0 Å². The standard InChI is InChI=1S/C54H37N3O/c1-34-10-6-15-41(32-34)36-22-25-39(26-23-36)46-18-8-19-47-50-48(20-9-21-49(50)58-51(46)47)54-56-52(55-53(57-54)43-31-24-35-11-2-3-13-42(35)33-43)40-29-27-38(28-30-40)45-17-7-14-37-12-4-5-16-44(37)45/h2-9,11-34H,10H2,1H3. The van der Waals surface area contributed by atoms with E-state index in [-0.39, 0.29) is 0 Å². The molecule has 58 heavy (non-hydrogen) atoms. The fourth-order valence-electron chi connectivity index (χ4n) is 8.49. The zero-order valence-electron chi connectivity index (χ0n) is 31.9. The SMILES string of the molecule is CC1C=C(c2ccc(-c3cccc4c3oc3cccc(-c5nc(-c6ccc(-c7cccc8ccccc78)cc6)nc(-c6ccc7ccccc7c6)n5)c34)cc2)C=CC1. The van der Waals surface area contributed by atoms with Gasteiger partial charge < -0.3 is 4.42 Å². The molecule has 1 aliphatic carbocycles. The highest BCUT2D eigenvalue weighted by atomic mass is 16.3. The van der Waals surface area contributed by atoms with Gasteiger partial charge in [-0.15, -0.1) is 0 Å². The highest BCUT2D eigenvalue weighted by molar-refractivity contribution is 6.15. The number of para-hydroxylation sites is 1. The maximum Gasteiger partial charge on any atom is 0.164 e. The minimum atomic E-state index is 0.545. The maximum absolute atomic E-state index is 6.73. The lowest BCUT2D eigenvalue weighted by Crippen LogP contribution is -2.00. The number of allylic oxidation sites excluding steroid dienone is 4. The van der Waals surface area contributed by atoms with Crippen LogP contribution in [-0.4, -0.2) is 15.0 Å². The Hall–Kier alpha value is -7.43. The molecule has 10 aromatic rings. The minimum Gasteiger partial charge on any atom is -0.455 e. The average molecular weight is 744 g/mol. The van der Waals surface area contributed by atoms with Gasteiger partial charge in [-0.25, -0.2) is 15.0 Å². The lowest BCUT2D eigenvalue weighted by atomic mass is 9.92. The van der Waals surface area contributed by atoms with Crippen LogP contribution in [0.25, 0.3) is 105 Å². The Labute approximate surface area is 336 Å². The van der Waals surface area contributed by atoms with Crippen molar-refractivity contribution in [2.75, 3.05) is 0 Å². The highest BCUT2D eigenvalue weighted by Gasteiger charge is 2.20. The Bertz CT molecular complexity index is 3260. The van der Waals surface area contributed by atoms with E-state index in [1.807, 2.05) is 12.1 Å². The summed E-state index contributed by atoms with van der Waals surface area (Å²) >= 11 is 0. The van der Waals surface area contributed by atoms with Gasteiger partial charge in [0.1, 0.15) is 11.2 Å². The van der Waals surface area contributed by atoms with Gasteiger partial charge in [-0.1, -0.05) is 183 Å². The molecule has 1 unspecified atom stereocenters. The van der Waals surface area contributed by atoms with Gasteiger partial charge in [0.15, 0.2) is 17.5 Å². The Morgan fingerprint density at radius 1 is 0.466 bits per heavy atom. The second-order valence-corrected chi connectivity index (χ2v) is 15.2. The van der Waals surface area contributed by atoms with E-state index in [2.05, 4.69) is 183 Å². The Morgan fingerprint density at radius 3 is 1.88 bits per heavy atom. The van der Waals surface area contributed by atoms with Crippen LogP contribution in [0, 0.1) is 5.92 Å². The topological polar surface area (TPSA) is 51.8 Å². The first-order valence-electron chi connectivity index (χ1n) is 19.9. The van der Waals surface area contributed by atoms with E-state index >= 15 is 0 Å². The molecule has 4 nitrogen and oxygen atoms in total. The van der Waals surface area contributed by atoms with Crippen LogP contribution in [0.5, 0.6) is 0 Å². The molecular weight excluding hydrogens is 707 g/mol. The number of aromatic nitrogens is 3. The van der Waals surface area contributed by atoms with Crippen molar-refractivity contribution in [3.63, 3.8) is 0 Å². The van der Waals surface area contributed by atoms with Gasteiger partial charge in [0.25, 0.3) is 0 Å². The number of hydrogen-bond donors (Lipinski definition) is 0. The number of hydrogen-bond acceptors (Lipinski definition) is 4. The molecule has 0 N–H and O–H groups in total. The predicted octanol–water partition coefficient (Wildman–Crippen LogP) is 14.4. The van der Waals surface area contributed by atoms with Gasteiger partial charge in [0.2, 0.25) is 0 Å². The number of benzene rings is 8. The fraction of sp³-hybridized carbons (Fsp3) is 0.0556. The summed E-state index contributed by atoms with van der Waals surface area (Å²) in [4.78, 5) is 15.6. The Balaban J connectivity index is 1.05. The molecule has 0 spiro atoms. The Kier molecular flexibility index (Phi) is 8.14. The van der Waals surface area contributed by atoms with Crippen LogP contribution in [0.2, 0.25) is 0 Å². The van der Waals surface area contributed by atoms with Crippen molar-refractivity contribution in [2.24, 2.45) is 5.92 Å². The molecule has 0 saturated heterocycles. The molecule has 4 heteroatoms. The van der Waals surface area contributed by atoms with Crippen LogP contribution in [0.1, 0.15) is 18.9 Å². The molecule has 2 aromatic heterocycles. The second-order valence-electron chi connectivity index (χ2n) is 15.2. The molecule has 1 atom stereocenters. The first-order chi connectivity index (χ1) is 28.6. The quantitative estimate of drug-likeness (QED) is 0.170. The van der Waals surface area contributed by atoms with Crippen molar-refractivity contribution in [1.82, 2.24) is 15.0 Å². The molecule has 0 aliphatic heterocycles. The third kappa shape index (κ3) is 5.98. The second kappa shape index (κ2) is 13.9. The van der Waals surface area contributed by atoms with Gasteiger partial charge in [0.05, 0.1) is 0 Å². The van der Waals surface area contributed by atoms with Crippen LogP contribution in [0.15, 0.2) is 193 Å². The largest absolute Gasteiger partial charge is 0.455 e. The monoisotopic (exact) mass is 743 g/mol. The molecule has 0 saturated carbocycles. The van der Waals surface area contributed by atoms with Crippen molar-refractivity contribution in [2.45, 2.75) is 13.3 Å². The third-order valence-corrected chi connectivity index (χ3v) is 11.4. The van der Waals surface area contributed by atoms with E-state index < -0.39 is 0 Å². The van der Waals surface area contributed by atoms with Gasteiger partial charge >= 0.3 is 0 Å². The molecule has 2 heterocycles. The molecule has 0 fully saturated rings. The van der Waals surface area contributed by atoms with Gasteiger partial charge in [-0.2, -0.15) is 0 Å². The average Bonchev–Trinajstić information content (AvgIpc) is 3.68. The number of fused-ring (bicyclic) bond motifs is 5. The van der Waals surface area contributed by atoms with Gasteiger partial charge in [0, 0.05) is 33.0 Å². The molecular formula is C54H37N3O. The first kappa shape index (κ1) is 33.9. The van der Waals surface area contributed by atoms with Crippen LogP contribution in [-0.2, 0) is 0 Å². The third-order valence-electron chi connectivity index (χ3n) is 11.4. The minimum absolute atomic E-state index is 0.545. The smallest absolute Gasteiger partial charge is 0.164 e. The molecule has 0 bridgehead atoms. The molecule has 8 aromatic carbocycles. The van der Waals surface area contributed by atoms with Gasteiger partial charge in [-0.3, -0.25) is 0 Å². The summed E-state index contributed by atoms with van der Waals surface area (Å²) in [6.07, 6.45) is 7.95. The normalized spacial score (nSPS) is 14.1. The molecule has 1 aliphatic rings. The lowest BCUT2D eigenvalue weighted by molar-refractivity contribution is 0.670. The summed E-state index contributed by atoms with van der Waals surface area (Å²) in [7, 11) is 0. The summed E-state index contributed by atoms with van der Waals surface area (Å²) in [6, 6.07) is 59.7. The van der Waals surface area contributed by atoms with Gasteiger partial charge in [-0.05, 0) is 73.8 Å². The summed E-state index contributed by atoms with van der Waals surface area (Å²) in [6.45, 7) is 2.26. The van der Waals surface area contributed by atoms with Crippen molar-refractivity contribution in [3.8, 4) is 56.4 Å². The van der Waals surface area contributed by atoms with E-state index in [1.54, 1.807) is 0 Å². The lowest BCUT2D eigenvalue weighted by Gasteiger charge is -2.13. The van der Waals surface area contributed by atoms with E-state index in [0.29, 0.717) is 23.4 Å². The van der Waals surface area contributed by atoms with E-state index in [9.17, 15) is 0 Å². The molecule has 0 radical (unpaired) electrons. The zero-order valence-corrected chi connectivity index (χ0v) is 31.9. The van der Waals surface area contributed by atoms with Crippen molar-refractivity contribution in [1.29, 1.82) is 0 Å². The number of nitrogens with zero attached hydrogens (tertiary/aromatic N) is 3. The number of rotatable bonds is 6. The van der Waals surface area contributed by atoms with E-state index in [4.69, 9.17) is 19.4 Å². The molecule has 274 valence electrons. The fourth-order valence-corrected chi connectivity index (χ4v) is 8.49. The summed E-state index contributed by atoms with van der Waals surface area (Å²) in [5.74, 6) is 2.37. The Morgan fingerprint density at radius 2 is 1.05 bits per heavy atom. The summed E-state index contributed by atoms with van der Waals surface area (Å²) in [5.41, 5.74) is 11.4. The predicted molar refractivity (Wildman–Crippen MR) is 240 cm³/mol. The van der Waals surface area contributed by atoms with Crippen molar-refractivity contribution >= 4 is 49.1 Å². The van der Waals surface area contributed by atoms with Crippen LogP contribution in [0.4, 0.5) is 0 Å². The summed E-state index contributed by atoms with van der Waals surface area (Å²) < 4.78 is 6.73. The zero-order chi connectivity index (χ0) is 38.6. The van der Waals surface area contributed by atoms with Crippen LogP contribution in [0.3, 0.4) is 0 Å². The number of furan rings is 1.